The van der Waals surface area contributed by atoms with E-state index in [0.717, 1.165) is 17.0 Å². The molecule has 7 nitrogen and oxygen atoms in total. The van der Waals surface area contributed by atoms with Crippen molar-refractivity contribution in [2.24, 2.45) is 0 Å². The minimum Gasteiger partial charge on any atom is -0.350 e. The van der Waals surface area contributed by atoms with Gasteiger partial charge in [0.15, 0.2) is 0 Å². The number of carbonyl (C=O) groups is 1. The fraction of sp³-hybridized carbons (Fsp3) is 0.444. The van der Waals surface area contributed by atoms with Gasteiger partial charge in [0.2, 0.25) is 15.9 Å². The van der Waals surface area contributed by atoms with Crippen LogP contribution in [0.5, 0.6) is 0 Å². The molecular weight excluding hydrogens is 352 g/mol. The Morgan fingerprint density at radius 3 is 2.31 bits per heavy atom. The van der Waals surface area contributed by atoms with Gasteiger partial charge in [0.25, 0.3) is 0 Å². The summed E-state index contributed by atoms with van der Waals surface area (Å²) in [5.41, 5.74) is 3.44. The predicted molar refractivity (Wildman–Crippen MR) is 101 cm³/mol. The van der Waals surface area contributed by atoms with E-state index in [-0.39, 0.29) is 24.2 Å². The van der Waals surface area contributed by atoms with Crippen LogP contribution < -0.4 is 10.0 Å². The maximum atomic E-state index is 12.0. The highest BCUT2D eigenvalue weighted by atomic mass is 32.2. The molecule has 1 amide bonds. The lowest BCUT2D eigenvalue weighted by molar-refractivity contribution is -0.122. The Kier molecular flexibility index (Phi) is 6.55. The van der Waals surface area contributed by atoms with Crippen molar-refractivity contribution in [1.82, 2.24) is 19.8 Å². The van der Waals surface area contributed by atoms with Gasteiger partial charge in [0.1, 0.15) is 6.54 Å². The summed E-state index contributed by atoms with van der Waals surface area (Å²) in [6, 6.07) is 8.98. The Morgan fingerprint density at radius 2 is 1.77 bits per heavy atom. The van der Waals surface area contributed by atoms with Crippen LogP contribution in [0.1, 0.15) is 36.4 Å². The van der Waals surface area contributed by atoms with Gasteiger partial charge in [0, 0.05) is 18.3 Å². The molecule has 0 radical (unpaired) electrons. The summed E-state index contributed by atoms with van der Waals surface area (Å²) in [4.78, 5) is 12.0. The number of hydrogen-bond donors (Lipinski definition) is 2. The van der Waals surface area contributed by atoms with Gasteiger partial charge in [-0.15, -0.1) is 0 Å². The monoisotopic (exact) mass is 378 g/mol. The average molecular weight is 378 g/mol. The third kappa shape index (κ3) is 6.27. The third-order valence-corrected chi connectivity index (χ3v) is 5.23. The zero-order valence-corrected chi connectivity index (χ0v) is 16.4. The number of aromatic nitrogens is 2. The molecule has 0 unspecified atom stereocenters. The molecule has 0 saturated heterocycles. The standard InChI is InChI=1S/C18H26N4O3S/c1-13(2)21-26(24,25)12-17-7-5-16(6-8-17)10-19-18(23)11-22-15(4)9-14(3)20-22/h5-9,13,21H,10-12H2,1-4H3,(H,19,23). The number of benzene rings is 1. The second-order valence-corrected chi connectivity index (χ2v) is 8.46. The number of nitrogens with one attached hydrogen (secondary N) is 2. The number of hydrogen-bond acceptors (Lipinski definition) is 4. The molecule has 1 heterocycles. The summed E-state index contributed by atoms with van der Waals surface area (Å²) in [6.07, 6.45) is 0. The lowest BCUT2D eigenvalue weighted by Gasteiger charge is -2.10. The fourth-order valence-electron chi connectivity index (χ4n) is 2.60. The Labute approximate surface area is 154 Å². The van der Waals surface area contributed by atoms with E-state index in [1.165, 1.54) is 0 Å². The number of nitrogens with zero attached hydrogens (tertiary/aromatic N) is 2. The van der Waals surface area contributed by atoms with Gasteiger partial charge >= 0.3 is 0 Å². The SMILES string of the molecule is Cc1cc(C)n(CC(=O)NCc2ccc(CS(=O)(=O)NC(C)C)cc2)n1. The molecule has 0 spiro atoms. The summed E-state index contributed by atoms with van der Waals surface area (Å²) in [7, 11) is -3.34. The molecule has 26 heavy (non-hydrogen) atoms. The normalized spacial score (nSPS) is 11.7. The van der Waals surface area contributed by atoms with Crippen molar-refractivity contribution in [2.75, 3.05) is 0 Å². The summed E-state index contributed by atoms with van der Waals surface area (Å²) < 4.78 is 28.1. The minimum atomic E-state index is -3.34. The van der Waals surface area contributed by atoms with Gasteiger partial charge in [0.05, 0.1) is 11.4 Å². The first kappa shape index (κ1) is 20.1. The highest BCUT2D eigenvalue weighted by Gasteiger charge is 2.13. The van der Waals surface area contributed by atoms with Gasteiger partial charge in [-0.2, -0.15) is 5.10 Å². The maximum absolute atomic E-state index is 12.0. The summed E-state index contributed by atoms with van der Waals surface area (Å²) in [5, 5.41) is 7.11. The van der Waals surface area contributed by atoms with Gasteiger partial charge in [-0.05, 0) is 44.9 Å². The first-order chi connectivity index (χ1) is 12.1. The second-order valence-electron chi connectivity index (χ2n) is 6.71. The van der Waals surface area contributed by atoms with E-state index in [0.29, 0.717) is 12.1 Å². The van der Waals surface area contributed by atoms with Crippen molar-refractivity contribution in [2.45, 2.75) is 52.6 Å². The number of rotatable bonds is 8. The van der Waals surface area contributed by atoms with Gasteiger partial charge in [-0.3, -0.25) is 9.48 Å². The highest BCUT2D eigenvalue weighted by Crippen LogP contribution is 2.08. The maximum Gasteiger partial charge on any atom is 0.242 e. The first-order valence-electron chi connectivity index (χ1n) is 8.50. The first-order valence-corrected chi connectivity index (χ1v) is 10.2. The molecule has 0 aliphatic carbocycles. The molecule has 8 heteroatoms. The topological polar surface area (TPSA) is 93.1 Å². The molecule has 142 valence electrons. The Bertz CT molecular complexity index is 855. The van der Waals surface area contributed by atoms with Crippen LogP contribution in [-0.2, 0) is 33.7 Å². The van der Waals surface area contributed by atoms with E-state index in [2.05, 4.69) is 15.1 Å². The van der Waals surface area contributed by atoms with Crippen LogP contribution in [0, 0.1) is 13.8 Å². The number of amides is 1. The molecule has 0 atom stereocenters. The number of carbonyl (C=O) groups excluding carboxylic acids is 1. The predicted octanol–water partition coefficient (Wildman–Crippen LogP) is 1.64. The molecule has 0 aliphatic heterocycles. The molecule has 0 bridgehead atoms. The zero-order chi connectivity index (χ0) is 19.3. The summed E-state index contributed by atoms with van der Waals surface area (Å²) >= 11 is 0. The molecule has 2 aromatic rings. The lowest BCUT2D eigenvalue weighted by atomic mass is 10.1. The van der Waals surface area contributed by atoms with Crippen LogP contribution in [0.15, 0.2) is 30.3 Å². The summed E-state index contributed by atoms with van der Waals surface area (Å²) in [6.45, 7) is 7.94. The van der Waals surface area contributed by atoms with Crippen LogP contribution >= 0.6 is 0 Å². The highest BCUT2D eigenvalue weighted by molar-refractivity contribution is 7.88. The van der Waals surface area contributed by atoms with E-state index in [1.807, 2.05) is 32.0 Å². The van der Waals surface area contributed by atoms with Crippen molar-refractivity contribution in [3.63, 3.8) is 0 Å². The van der Waals surface area contributed by atoms with Crippen LogP contribution in [0.4, 0.5) is 0 Å². The number of sulfonamides is 1. The van der Waals surface area contributed by atoms with E-state index in [1.54, 1.807) is 30.7 Å². The van der Waals surface area contributed by atoms with Crippen molar-refractivity contribution >= 4 is 15.9 Å². The quantitative estimate of drug-likeness (QED) is 0.730. The molecule has 1 aromatic heterocycles. The van der Waals surface area contributed by atoms with Crippen LogP contribution in [-0.4, -0.2) is 30.1 Å². The van der Waals surface area contributed by atoms with E-state index in [9.17, 15) is 13.2 Å². The van der Waals surface area contributed by atoms with Crippen molar-refractivity contribution in [3.05, 3.63) is 52.8 Å². The van der Waals surface area contributed by atoms with Gasteiger partial charge in [-0.1, -0.05) is 24.3 Å². The minimum absolute atomic E-state index is 0.0598. The summed E-state index contributed by atoms with van der Waals surface area (Å²) in [5.74, 6) is -0.181. The largest absolute Gasteiger partial charge is 0.350 e. The van der Waals surface area contributed by atoms with E-state index in [4.69, 9.17) is 0 Å². The third-order valence-electron chi connectivity index (χ3n) is 3.68. The Balaban J connectivity index is 1.87. The fourth-order valence-corrected chi connectivity index (χ4v) is 4.03. The second kappa shape index (κ2) is 8.46. The van der Waals surface area contributed by atoms with Crippen LogP contribution in [0.2, 0.25) is 0 Å². The molecule has 0 aliphatic rings. The smallest absolute Gasteiger partial charge is 0.242 e. The Morgan fingerprint density at radius 1 is 1.15 bits per heavy atom. The van der Waals surface area contributed by atoms with Crippen LogP contribution in [0.25, 0.3) is 0 Å². The molecule has 0 fully saturated rings. The molecule has 1 aromatic carbocycles. The molecule has 2 N–H and O–H groups in total. The molecule has 0 saturated carbocycles. The van der Waals surface area contributed by atoms with Crippen molar-refractivity contribution in [1.29, 1.82) is 0 Å². The lowest BCUT2D eigenvalue weighted by Crippen LogP contribution is -2.31. The van der Waals surface area contributed by atoms with Gasteiger partial charge in [-0.25, -0.2) is 13.1 Å². The molecular formula is C18H26N4O3S. The average Bonchev–Trinajstić information content (AvgIpc) is 2.82. The Hall–Kier alpha value is -2.19. The number of aryl methyl sites for hydroxylation is 2. The van der Waals surface area contributed by atoms with E-state index < -0.39 is 10.0 Å². The van der Waals surface area contributed by atoms with Crippen LogP contribution in [0.3, 0.4) is 0 Å². The van der Waals surface area contributed by atoms with Gasteiger partial charge < -0.3 is 5.32 Å². The zero-order valence-electron chi connectivity index (χ0n) is 15.6. The van der Waals surface area contributed by atoms with E-state index >= 15 is 0 Å². The molecule has 2 rings (SSSR count). The van der Waals surface area contributed by atoms with Crippen molar-refractivity contribution < 1.29 is 13.2 Å². The van der Waals surface area contributed by atoms with Crippen molar-refractivity contribution in [3.8, 4) is 0 Å².